The number of hydrogen-bond donors (Lipinski definition) is 0. The standard InChI is InChI=1S/C17H26N2OS2/c20-16(13-22-17-18-11-12-21-17)19(14-7-3-1-4-8-14)15-9-5-2-6-10-15/h11-12,14-15H,1-10,13H2. The summed E-state index contributed by atoms with van der Waals surface area (Å²) in [5.41, 5.74) is 0. The third-order valence-electron chi connectivity index (χ3n) is 4.95. The van der Waals surface area contributed by atoms with E-state index in [1.165, 1.54) is 64.2 Å². The highest BCUT2D eigenvalue weighted by molar-refractivity contribution is 8.01. The summed E-state index contributed by atoms with van der Waals surface area (Å²) in [5, 5.41) is 1.98. The molecule has 1 aromatic rings. The Bertz CT molecular complexity index is 433. The van der Waals surface area contributed by atoms with Gasteiger partial charge in [-0.25, -0.2) is 4.98 Å². The van der Waals surface area contributed by atoms with E-state index < -0.39 is 0 Å². The highest BCUT2D eigenvalue weighted by Crippen LogP contribution is 2.31. The van der Waals surface area contributed by atoms with E-state index in [1.54, 1.807) is 23.1 Å². The molecule has 0 bridgehead atoms. The fourth-order valence-corrected chi connectivity index (χ4v) is 5.41. The number of thioether (sulfide) groups is 1. The number of carbonyl (C=O) groups excluding carboxylic acids is 1. The molecule has 122 valence electrons. The van der Waals surface area contributed by atoms with Gasteiger partial charge in [-0.15, -0.1) is 11.3 Å². The topological polar surface area (TPSA) is 33.2 Å². The molecule has 1 aromatic heterocycles. The number of amides is 1. The summed E-state index contributed by atoms with van der Waals surface area (Å²) in [4.78, 5) is 19.5. The van der Waals surface area contributed by atoms with Gasteiger partial charge in [0.2, 0.25) is 5.91 Å². The number of aromatic nitrogens is 1. The number of nitrogens with zero attached hydrogens (tertiary/aromatic N) is 2. The maximum atomic E-state index is 12.9. The van der Waals surface area contributed by atoms with Gasteiger partial charge in [0.25, 0.3) is 0 Å². The molecule has 3 nitrogen and oxygen atoms in total. The highest BCUT2D eigenvalue weighted by atomic mass is 32.2. The van der Waals surface area contributed by atoms with Crippen LogP contribution in [-0.2, 0) is 4.79 Å². The van der Waals surface area contributed by atoms with E-state index in [2.05, 4.69) is 9.88 Å². The minimum Gasteiger partial charge on any atom is -0.336 e. The van der Waals surface area contributed by atoms with Crippen LogP contribution >= 0.6 is 23.1 Å². The van der Waals surface area contributed by atoms with Crippen molar-refractivity contribution >= 4 is 29.0 Å². The first-order chi connectivity index (χ1) is 10.8. The van der Waals surface area contributed by atoms with Gasteiger partial charge in [0.05, 0.1) is 5.75 Å². The number of carbonyl (C=O) groups is 1. The van der Waals surface area contributed by atoms with E-state index in [1.807, 2.05) is 11.6 Å². The van der Waals surface area contributed by atoms with Crippen molar-refractivity contribution in [2.75, 3.05) is 5.75 Å². The third-order valence-corrected chi connectivity index (χ3v) is 6.90. The molecule has 0 radical (unpaired) electrons. The molecule has 2 aliphatic rings. The lowest BCUT2D eigenvalue weighted by atomic mass is 9.88. The summed E-state index contributed by atoms with van der Waals surface area (Å²) < 4.78 is 1.01. The van der Waals surface area contributed by atoms with E-state index in [0.717, 1.165) is 4.34 Å². The zero-order chi connectivity index (χ0) is 15.2. The molecule has 22 heavy (non-hydrogen) atoms. The Labute approximate surface area is 141 Å². The smallest absolute Gasteiger partial charge is 0.233 e. The molecule has 2 saturated carbocycles. The van der Waals surface area contributed by atoms with Gasteiger partial charge in [-0.3, -0.25) is 4.79 Å². The third kappa shape index (κ3) is 4.25. The summed E-state index contributed by atoms with van der Waals surface area (Å²) in [5.74, 6) is 0.902. The maximum absolute atomic E-state index is 12.9. The second-order valence-corrected chi connectivity index (χ2v) is 8.59. The first-order valence-corrected chi connectivity index (χ1v) is 10.5. The van der Waals surface area contributed by atoms with Gasteiger partial charge in [0.15, 0.2) is 0 Å². The van der Waals surface area contributed by atoms with E-state index in [9.17, 15) is 4.79 Å². The first-order valence-electron chi connectivity index (χ1n) is 8.68. The fraction of sp³-hybridized carbons (Fsp3) is 0.765. The van der Waals surface area contributed by atoms with Crippen LogP contribution in [0.1, 0.15) is 64.2 Å². The Hall–Kier alpha value is -0.550. The Balaban J connectivity index is 1.64. The van der Waals surface area contributed by atoms with Crippen LogP contribution in [0.25, 0.3) is 0 Å². The Kier molecular flexibility index (Phi) is 6.19. The van der Waals surface area contributed by atoms with Crippen molar-refractivity contribution in [3.63, 3.8) is 0 Å². The number of rotatable bonds is 5. The molecule has 0 saturated heterocycles. The molecule has 2 aliphatic carbocycles. The fourth-order valence-electron chi connectivity index (χ4n) is 3.90. The van der Waals surface area contributed by atoms with Crippen LogP contribution in [0.3, 0.4) is 0 Å². The highest BCUT2D eigenvalue weighted by Gasteiger charge is 2.32. The minimum atomic E-state index is 0.346. The SMILES string of the molecule is O=C(CSc1nccs1)N(C1CCCCC1)C1CCCCC1. The average molecular weight is 339 g/mol. The summed E-state index contributed by atoms with van der Waals surface area (Å²) in [6.07, 6.45) is 14.5. The van der Waals surface area contributed by atoms with Crippen molar-refractivity contribution in [1.82, 2.24) is 9.88 Å². The Morgan fingerprint density at radius 3 is 2.18 bits per heavy atom. The summed E-state index contributed by atoms with van der Waals surface area (Å²) in [6, 6.07) is 1.00. The Morgan fingerprint density at radius 1 is 1.09 bits per heavy atom. The lowest BCUT2D eigenvalue weighted by Gasteiger charge is -2.41. The van der Waals surface area contributed by atoms with Crippen LogP contribution in [-0.4, -0.2) is 33.6 Å². The zero-order valence-electron chi connectivity index (χ0n) is 13.2. The predicted octanol–water partition coefficient (Wildman–Crippen LogP) is 4.73. The summed E-state index contributed by atoms with van der Waals surface area (Å²) in [7, 11) is 0. The normalized spacial score (nSPS) is 20.9. The summed E-state index contributed by atoms with van der Waals surface area (Å²) >= 11 is 3.24. The van der Waals surface area contributed by atoms with Crippen LogP contribution in [0.15, 0.2) is 15.9 Å². The molecule has 0 aromatic carbocycles. The molecular weight excluding hydrogens is 312 g/mol. The van der Waals surface area contributed by atoms with Gasteiger partial charge >= 0.3 is 0 Å². The minimum absolute atomic E-state index is 0.346. The van der Waals surface area contributed by atoms with Crippen LogP contribution in [0, 0.1) is 0 Å². The van der Waals surface area contributed by atoms with E-state index in [0.29, 0.717) is 23.7 Å². The molecule has 1 heterocycles. The van der Waals surface area contributed by atoms with Crippen molar-refractivity contribution in [3.8, 4) is 0 Å². The second-order valence-electron chi connectivity index (χ2n) is 6.47. The van der Waals surface area contributed by atoms with Crippen molar-refractivity contribution < 1.29 is 4.79 Å². The van der Waals surface area contributed by atoms with E-state index in [4.69, 9.17) is 0 Å². The largest absolute Gasteiger partial charge is 0.336 e. The van der Waals surface area contributed by atoms with Crippen molar-refractivity contribution in [2.45, 2.75) is 80.6 Å². The zero-order valence-corrected chi connectivity index (χ0v) is 14.8. The number of thiazole rings is 1. The van der Waals surface area contributed by atoms with Crippen molar-refractivity contribution in [1.29, 1.82) is 0 Å². The Morgan fingerprint density at radius 2 is 1.68 bits per heavy atom. The first kappa shape index (κ1) is 16.3. The van der Waals surface area contributed by atoms with Crippen molar-refractivity contribution in [3.05, 3.63) is 11.6 Å². The van der Waals surface area contributed by atoms with Gasteiger partial charge in [-0.05, 0) is 25.7 Å². The molecule has 0 spiro atoms. The summed E-state index contributed by atoms with van der Waals surface area (Å²) in [6.45, 7) is 0. The lowest BCUT2D eigenvalue weighted by molar-refractivity contribution is -0.135. The van der Waals surface area contributed by atoms with Crippen LogP contribution in [0.2, 0.25) is 0 Å². The predicted molar refractivity (Wildman–Crippen MR) is 93.4 cm³/mol. The second kappa shape index (κ2) is 8.34. The molecular formula is C17H26N2OS2. The van der Waals surface area contributed by atoms with Gasteiger partial charge in [0.1, 0.15) is 4.34 Å². The quantitative estimate of drug-likeness (QED) is 0.728. The molecule has 0 atom stereocenters. The van der Waals surface area contributed by atoms with Crippen LogP contribution in [0.4, 0.5) is 0 Å². The molecule has 3 rings (SSSR count). The van der Waals surface area contributed by atoms with E-state index in [-0.39, 0.29) is 0 Å². The van der Waals surface area contributed by atoms with Crippen LogP contribution < -0.4 is 0 Å². The molecule has 2 fully saturated rings. The number of hydrogen-bond acceptors (Lipinski definition) is 4. The maximum Gasteiger partial charge on any atom is 0.233 e. The molecule has 0 aliphatic heterocycles. The molecule has 0 N–H and O–H groups in total. The van der Waals surface area contributed by atoms with Gasteiger partial charge in [-0.1, -0.05) is 50.3 Å². The monoisotopic (exact) mass is 338 g/mol. The lowest BCUT2D eigenvalue weighted by Crippen LogP contribution is -2.49. The van der Waals surface area contributed by atoms with Gasteiger partial charge in [-0.2, -0.15) is 0 Å². The van der Waals surface area contributed by atoms with Crippen molar-refractivity contribution in [2.24, 2.45) is 0 Å². The average Bonchev–Trinajstić information content (AvgIpc) is 3.09. The molecule has 1 amide bonds. The van der Waals surface area contributed by atoms with Gasteiger partial charge < -0.3 is 4.90 Å². The van der Waals surface area contributed by atoms with Crippen LogP contribution in [0.5, 0.6) is 0 Å². The molecule has 5 heteroatoms. The van der Waals surface area contributed by atoms with E-state index >= 15 is 0 Å². The van der Waals surface area contributed by atoms with Gasteiger partial charge in [0, 0.05) is 23.7 Å². The molecule has 0 unspecified atom stereocenters.